The van der Waals surface area contributed by atoms with Crippen molar-refractivity contribution in [1.29, 1.82) is 0 Å². The summed E-state index contributed by atoms with van der Waals surface area (Å²) >= 11 is 0. The quantitative estimate of drug-likeness (QED) is 0.860. The lowest BCUT2D eigenvalue weighted by molar-refractivity contribution is -0.0263. The van der Waals surface area contributed by atoms with Crippen molar-refractivity contribution in [2.45, 2.75) is 57.7 Å². The predicted octanol–water partition coefficient (Wildman–Crippen LogP) is 2.82. The maximum absolute atomic E-state index is 11.3. The van der Waals surface area contributed by atoms with Gasteiger partial charge in [0.1, 0.15) is 23.0 Å². The molecule has 2 aromatic rings. The third kappa shape index (κ3) is 3.48. The van der Waals surface area contributed by atoms with Crippen molar-refractivity contribution in [3.05, 3.63) is 41.5 Å². The highest BCUT2D eigenvalue weighted by Gasteiger charge is 2.41. The van der Waals surface area contributed by atoms with Gasteiger partial charge in [-0.25, -0.2) is 0 Å². The maximum Gasteiger partial charge on any atom is 0.146 e. The van der Waals surface area contributed by atoms with Crippen LogP contribution in [0.15, 0.2) is 24.3 Å². The van der Waals surface area contributed by atoms with E-state index < -0.39 is 5.60 Å². The first-order valence-corrected chi connectivity index (χ1v) is 9.33. The largest absolute Gasteiger partial charge is 0.497 e. The molecule has 1 fully saturated rings. The van der Waals surface area contributed by atoms with Crippen molar-refractivity contribution in [1.82, 2.24) is 19.7 Å². The van der Waals surface area contributed by atoms with Crippen molar-refractivity contribution in [2.24, 2.45) is 7.05 Å². The van der Waals surface area contributed by atoms with Gasteiger partial charge < -0.3 is 14.4 Å². The molecule has 0 saturated carbocycles. The Kier molecular flexibility index (Phi) is 5.34. The number of hydrogen-bond acceptors (Lipinski definition) is 5. The van der Waals surface area contributed by atoms with Gasteiger partial charge in [-0.15, -0.1) is 10.2 Å². The minimum Gasteiger partial charge on any atom is -0.497 e. The number of methoxy groups -OCH3 is 1. The number of hydrogen-bond donors (Lipinski definition) is 1. The van der Waals surface area contributed by atoms with Crippen molar-refractivity contribution in [3.8, 4) is 5.75 Å². The Bertz CT molecular complexity index is 737. The Morgan fingerprint density at radius 2 is 1.96 bits per heavy atom. The van der Waals surface area contributed by atoms with Gasteiger partial charge in [-0.2, -0.15) is 0 Å². The normalized spacial score (nSPS) is 20.5. The minimum absolute atomic E-state index is 0.0510. The average molecular weight is 358 g/mol. The topological polar surface area (TPSA) is 63.4 Å². The third-order valence-electron chi connectivity index (χ3n) is 5.55. The smallest absolute Gasteiger partial charge is 0.146 e. The van der Waals surface area contributed by atoms with Crippen LogP contribution in [-0.4, -0.2) is 44.5 Å². The first-order valence-electron chi connectivity index (χ1n) is 9.33. The molecule has 1 saturated heterocycles. The van der Waals surface area contributed by atoms with Gasteiger partial charge in [0.25, 0.3) is 0 Å². The Morgan fingerprint density at radius 3 is 2.54 bits per heavy atom. The van der Waals surface area contributed by atoms with Crippen LogP contribution < -0.4 is 4.74 Å². The predicted molar refractivity (Wildman–Crippen MR) is 101 cm³/mol. The van der Waals surface area contributed by atoms with E-state index in [1.165, 1.54) is 0 Å². The monoisotopic (exact) mass is 358 g/mol. The summed E-state index contributed by atoms with van der Waals surface area (Å²) < 4.78 is 7.32. The van der Waals surface area contributed by atoms with Crippen molar-refractivity contribution >= 4 is 0 Å². The van der Waals surface area contributed by atoms with E-state index in [-0.39, 0.29) is 6.04 Å². The zero-order valence-corrected chi connectivity index (χ0v) is 16.4. The van der Waals surface area contributed by atoms with Crippen molar-refractivity contribution in [3.63, 3.8) is 0 Å². The number of aliphatic hydroxyl groups is 1. The molecule has 0 aliphatic carbocycles. The Hall–Kier alpha value is -1.92. The van der Waals surface area contributed by atoms with E-state index in [1.807, 2.05) is 38.2 Å². The van der Waals surface area contributed by atoms with E-state index in [9.17, 15) is 5.11 Å². The van der Waals surface area contributed by atoms with Gasteiger partial charge in [0.15, 0.2) is 0 Å². The number of nitrogens with zero attached hydrogens (tertiary/aromatic N) is 4. The average Bonchev–Trinajstić information content (AvgIpc) is 3.23. The third-order valence-corrected chi connectivity index (χ3v) is 5.55. The molecule has 26 heavy (non-hydrogen) atoms. The van der Waals surface area contributed by atoms with Crippen LogP contribution in [0.3, 0.4) is 0 Å². The minimum atomic E-state index is -0.928. The molecule has 0 amide bonds. The number of benzene rings is 1. The van der Waals surface area contributed by atoms with E-state index in [1.54, 1.807) is 7.11 Å². The van der Waals surface area contributed by atoms with Crippen LogP contribution in [0.5, 0.6) is 5.75 Å². The fourth-order valence-electron chi connectivity index (χ4n) is 3.97. The molecule has 6 nitrogen and oxygen atoms in total. The molecule has 2 atom stereocenters. The van der Waals surface area contributed by atoms with Crippen LogP contribution in [0, 0.1) is 0 Å². The summed E-state index contributed by atoms with van der Waals surface area (Å²) in [5.41, 5.74) is -0.0153. The first kappa shape index (κ1) is 18.9. The standard InChI is InChI=1S/C20H30N4O2/c1-14(2)19-22-21-18(23(19)4)13-24-12-6-7-17(24)20(3,25)15-8-10-16(26-5)11-9-15/h8-11,14,17,25H,6-7,12-13H2,1-5H3/t17-,20-/m1/s1. The van der Waals surface area contributed by atoms with Gasteiger partial charge in [0.05, 0.1) is 13.7 Å². The Balaban J connectivity index is 1.80. The van der Waals surface area contributed by atoms with Crippen LogP contribution in [0.2, 0.25) is 0 Å². The van der Waals surface area contributed by atoms with Crippen LogP contribution >= 0.6 is 0 Å². The van der Waals surface area contributed by atoms with Gasteiger partial charge >= 0.3 is 0 Å². The number of aromatic nitrogens is 3. The van der Waals surface area contributed by atoms with Gasteiger partial charge in [0, 0.05) is 19.0 Å². The number of ether oxygens (including phenoxy) is 1. The highest BCUT2D eigenvalue weighted by atomic mass is 16.5. The molecule has 1 aromatic carbocycles. The molecule has 142 valence electrons. The molecular formula is C20H30N4O2. The summed E-state index contributed by atoms with van der Waals surface area (Å²) in [5, 5.41) is 20.1. The fraction of sp³-hybridized carbons (Fsp3) is 0.600. The van der Waals surface area contributed by atoms with E-state index in [4.69, 9.17) is 4.74 Å². The number of likely N-dealkylation sites (tertiary alicyclic amines) is 1. The second-order valence-corrected chi connectivity index (χ2v) is 7.69. The van der Waals surface area contributed by atoms with E-state index >= 15 is 0 Å². The molecule has 1 aliphatic heterocycles. The molecule has 0 radical (unpaired) electrons. The molecular weight excluding hydrogens is 328 g/mol. The lowest BCUT2D eigenvalue weighted by Gasteiger charge is -2.36. The lowest BCUT2D eigenvalue weighted by atomic mass is 9.86. The summed E-state index contributed by atoms with van der Waals surface area (Å²) in [4.78, 5) is 2.33. The van der Waals surface area contributed by atoms with Crippen LogP contribution in [0.1, 0.15) is 56.7 Å². The van der Waals surface area contributed by atoms with Gasteiger partial charge in [-0.1, -0.05) is 26.0 Å². The molecule has 1 aliphatic rings. The molecule has 0 spiro atoms. The highest BCUT2D eigenvalue weighted by molar-refractivity contribution is 5.31. The van der Waals surface area contributed by atoms with E-state index in [0.717, 1.165) is 42.3 Å². The van der Waals surface area contributed by atoms with Crippen LogP contribution in [-0.2, 0) is 19.2 Å². The summed E-state index contributed by atoms with van der Waals surface area (Å²) in [6.07, 6.45) is 2.04. The van der Waals surface area contributed by atoms with Crippen LogP contribution in [0.25, 0.3) is 0 Å². The summed E-state index contributed by atoms with van der Waals surface area (Å²) in [6, 6.07) is 7.76. The zero-order valence-electron chi connectivity index (χ0n) is 16.4. The second-order valence-electron chi connectivity index (χ2n) is 7.69. The molecule has 1 aromatic heterocycles. The van der Waals surface area contributed by atoms with Crippen molar-refractivity contribution in [2.75, 3.05) is 13.7 Å². The fourth-order valence-corrected chi connectivity index (χ4v) is 3.97. The van der Waals surface area contributed by atoms with E-state index in [2.05, 4.69) is 33.5 Å². The highest BCUT2D eigenvalue weighted by Crippen LogP contribution is 2.36. The molecule has 3 rings (SSSR count). The van der Waals surface area contributed by atoms with E-state index in [0.29, 0.717) is 12.5 Å². The summed E-state index contributed by atoms with van der Waals surface area (Å²) in [7, 11) is 3.68. The zero-order chi connectivity index (χ0) is 18.9. The van der Waals surface area contributed by atoms with Gasteiger partial charge in [-0.05, 0) is 44.0 Å². The van der Waals surface area contributed by atoms with Gasteiger partial charge in [-0.3, -0.25) is 4.90 Å². The molecule has 1 N–H and O–H groups in total. The SMILES string of the molecule is COc1ccc([C@@](C)(O)[C@H]2CCCN2Cc2nnc(C(C)C)n2C)cc1. The van der Waals surface area contributed by atoms with Crippen molar-refractivity contribution < 1.29 is 9.84 Å². The number of rotatable bonds is 6. The molecule has 0 bridgehead atoms. The second kappa shape index (κ2) is 7.37. The Labute approximate surface area is 155 Å². The first-order chi connectivity index (χ1) is 12.3. The summed E-state index contributed by atoms with van der Waals surface area (Å²) in [5.74, 6) is 3.09. The van der Waals surface area contributed by atoms with Gasteiger partial charge in [0.2, 0.25) is 0 Å². The lowest BCUT2D eigenvalue weighted by Crippen LogP contribution is -2.45. The summed E-state index contributed by atoms with van der Waals surface area (Å²) in [6.45, 7) is 7.82. The molecule has 2 heterocycles. The maximum atomic E-state index is 11.3. The molecule has 6 heteroatoms. The molecule has 0 unspecified atom stereocenters. The van der Waals surface area contributed by atoms with Crippen LogP contribution in [0.4, 0.5) is 0 Å². The Morgan fingerprint density at radius 1 is 1.27 bits per heavy atom.